The number of nitriles is 1. The Morgan fingerprint density at radius 1 is 1.46 bits per heavy atom. The van der Waals surface area contributed by atoms with Gasteiger partial charge in [0.05, 0.1) is 25.5 Å². The quantitative estimate of drug-likeness (QED) is 0.797. The third kappa shape index (κ3) is 3.04. The molecule has 3 heterocycles. The molecule has 0 aliphatic carbocycles. The molecule has 2 aromatic heterocycles. The molecule has 0 amide bonds. The molecule has 0 saturated carbocycles. The predicted octanol–water partition coefficient (Wildman–Crippen LogP) is -0.00142. The average Bonchev–Trinajstić information content (AvgIpc) is 3.23. The maximum atomic E-state index is 12.4. The van der Waals surface area contributed by atoms with E-state index in [1.807, 2.05) is 6.07 Å². The van der Waals surface area contributed by atoms with Crippen molar-refractivity contribution in [3.63, 3.8) is 0 Å². The highest BCUT2D eigenvalue weighted by Crippen LogP contribution is 2.13. The highest BCUT2D eigenvalue weighted by molar-refractivity contribution is 5.32. The van der Waals surface area contributed by atoms with E-state index in [0.29, 0.717) is 24.4 Å². The van der Waals surface area contributed by atoms with E-state index in [9.17, 15) is 20.0 Å². The number of furan rings is 1. The van der Waals surface area contributed by atoms with Crippen molar-refractivity contribution in [1.82, 2.24) is 9.13 Å². The van der Waals surface area contributed by atoms with Gasteiger partial charge >= 0.3 is 5.69 Å². The average molecular weight is 331 g/mol. The predicted molar refractivity (Wildman–Crippen MR) is 82.4 cm³/mol. The molecule has 1 aliphatic heterocycles. The molecular weight excluding hydrogens is 314 g/mol. The summed E-state index contributed by atoms with van der Waals surface area (Å²) in [6.07, 6.45) is 1.74. The van der Waals surface area contributed by atoms with Crippen LogP contribution in [0.2, 0.25) is 0 Å². The van der Waals surface area contributed by atoms with Crippen LogP contribution in [-0.4, -0.2) is 27.0 Å². The Hall–Kier alpha value is -2.63. The zero-order chi connectivity index (χ0) is 17.1. The summed E-state index contributed by atoms with van der Waals surface area (Å²) in [6.45, 7) is 0.390. The number of aromatic nitrogens is 2. The van der Waals surface area contributed by atoms with Crippen molar-refractivity contribution < 1.29 is 14.3 Å². The van der Waals surface area contributed by atoms with E-state index in [2.05, 4.69) is 0 Å². The van der Waals surface area contributed by atoms with E-state index in [0.717, 1.165) is 11.0 Å². The maximum Gasteiger partial charge on any atom is 0.331 e. The van der Waals surface area contributed by atoms with Gasteiger partial charge in [0, 0.05) is 12.2 Å². The summed E-state index contributed by atoms with van der Waals surface area (Å²) in [4.78, 5) is 24.7. The number of ether oxygens (including phenoxy) is 1. The zero-order valence-electron chi connectivity index (χ0n) is 13.0. The number of aliphatic hydroxyl groups excluding tert-OH is 1. The van der Waals surface area contributed by atoms with E-state index < -0.39 is 17.4 Å². The lowest BCUT2D eigenvalue weighted by Gasteiger charge is -2.14. The van der Waals surface area contributed by atoms with Crippen molar-refractivity contribution in [3.05, 3.63) is 56.3 Å². The second-order valence-electron chi connectivity index (χ2n) is 5.64. The molecule has 0 bridgehead atoms. The van der Waals surface area contributed by atoms with Crippen molar-refractivity contribution in [2.75, 3.05) is 6.61 Å². The van der Waals surface area contributed by atoms with Crippen LogP contribution in [0.3, 0.4) is 0 Å². The van der Waals surface area contributed by atoms with E-state index in [1.165, 1.54) is 10.8 Å². The van der Waals surface area contributed by atoms with Crippen LogP contribution in [-0.2, 0) is 30.9 Å². The smallest absolute Gasteiger partial charge is 0.331 e. The molecule has 0 fully saturated rings. The standard InChI is InChI=1S/C16H17N3O5/c17-7-13-14-4-1-5-18(14)16(22)19(15(13)21)8-11(20)9-23-10-12-3-2-6-24-12/h2-3,6,11,20H,1,4-5,8-10H2/t11-/m1/s1. The molecule has 24 heavy (non-hydrogen) atoms. The van der Waals surface area contributed by atoms with Gasteiger partial charge in [-0.2, -0.15) is 5.26 Å². The Morgan fingerprint density at radius 3 is 3.00 bits per heavy atom. The third-order valence-electron chi connectivity index (χ3n) is 3.97. The summed E-state index contributed by atoms with van der Waals surface area (Å²) >= 11 is 0. The zero-order valence-corrected chi connectivity index (χ0v) is 13.0. The first-order chi connectivity index (χ1) is 11.6. The fourth-order valence-corrected chi connectivity index (χ4v) is 2.86. The van der Waals surface area contributed by atoms with Crippen molar-refractivity contribution in [2.24, 2.45) is 0 Å². The van der Waals surface area contributed by atoms with Gasteiger partial charge < -0.3 is 14.3 Å². The largest absolute Gasteiger partial charge is 0.467 e. The molecule has 0 spiro atoms. The van der Waals surface area contributed by atoms with Gasteiger partial charge in [0.2, 0.25) is 0 Å². The lowest BCUT2D eigenvalue weighted by Crippen LogP contribution is -2.44. The van der Waals surface area contributed by atoms with Gasteiger partial charge in [0.15, 0.2) is 0 Å². The van der Waals surface area contributed by atoms with E-state index in [1.54, 1.807) is 12.1 Å². The van der Waals surface area contributed by atoms with Gasteiger partial charge in [-0.15, -0.1) is 0 Å². The minimum absolute atomic E-state index is 0.0178. The molecular formula is C16H17N3O5. The van der Waals surface area contributed by atoms with Crippen LogP contribution in [0, 0.1) is 11.3 Å². The van der Waals surface area contributed by atoms with Crippen molar-refractivity contribution in [1.29, 1.82) is 5.26 Å². The van der Waals surface area contributed by atoms with Gasteiger partial charge in [0.1, 0.15) is 24.0 Å². The number of rotatable bonds is 6. The molecule has 1 aliphatic rings. The van der Waals surface area contributed by atoms with Gasteiger partial charge in [-0.3, -0.25) is 13.9 Å². The second-order valence-corrected chi connectivity index (χ2v) is 5.64. The molecule has 2 aromatic rings. The normalized spacial score (nSPS) is 14.3. The Balaban J connectivity index is 1.74. The Bertz CT molecular complexity index is 873. The van der Waals surface area contributed by atoms with E-state index >= 15 is 0 Å². The summed E-state index contributed by atoms with van der Waals surface area (Å²) in [5, 5.41) is 19.2. The monoisotopic (exact) mass is 331 g/mol. The van der Waals surface area contributed by atoms with Crippen LogP contribution in [0.4, 0.5) is 0 Å². The second kappa shape index (κ2) is 6.86. The topological polar surface area (TPSA) is 110 Å². The van der Waals surface area contributed by atoms with E-state index in [-0.39, 0.29) is 25.3 Å². The Labute approximate surface area is 137 Å². The first kappa shape index (κ1) is 16.2. The van der Waals surface area contributed by atoms with Gasteiger partial charge in [-0.1, -0.05) is 0 Å². The molecule has 126 valence electrons. The lowest BCUT2D eigenvalue weighted by molar-refractivity contribution is 0.0135. The first-order valence-electron chi connectivity index (χ1n) is 7.66. The van der Waals surface area contributed by atoms with Crippen molar-refractivity contribution in [3.8, 4) is 6.07 Å². The summed E-state index contributed by atoms with van der Waals surface area (Å²) in [6, 6.07) is 5.34. The van der Waals surface area contributed by atoms with Crippen LogP contribution in [0.5, 0.6) is 0 Å². The molecule has 0 unspecified atom stereocenters. The Kier molecular flexibility index (Phi) is 4.64. The molecule has 8 nitrogen and oxygen atoms in total. The van der Waals surface area contributed by atoms with Crippen LogP contribution in [0.1, 0.15) is 23.4 Å². The molecule has 0 aromatic carbocycles. The minimum Gasteiger partial charge on any atom is -0.467 e. The first-order valence-corrected chi connectivity index (χ1v) is 7.66. The van der Waals surface area contributed by atoms with Gasteiger partial charge in [-0.25, -0.2) is 4.79 Å². The highest BCUT2D eigenvalue weighted by Gasteiger charge is 2.23. The summed E-state index contributed by atoms with van der Waals surface area (Å²) in [5.41, 5.74) is -0.666. The summed E-state index contributed by atoms with van der Waals surface area (Å²) in [7, 11) is 0. The van der Waals surface area contributed by atoms with Crippen LogP contribution in [0.25, 0.3) is 0 Å². The van der Waals surface area contributed by atoms with Gasteiger partial charge in [-0.05, 0) is 25.0 Å². The Morgan fingerprint density at radius 2 is 2.29 bits per heavy atom. The fourth-order valence-electron chi connectivity index (χ4n) is 2.86. The minimum atomic E-state index is -1.04. The molecule has 0 radical (unpaired) electrons. The van der Waals surface area contributed by atoms with Gasteiger partial charge in [0.25, 0.3) is 5.56 Å². The summed E-state index contributed by atoms with van der Waals surface area (Å²) in [5.74, 6) is 0.615. The summed E-state index contributed by atoms with van der Waals surface area (Å²) < 4.78 is 12.8. The number of fused-ring (bicyclic) bond motifs is 1. The fraction of sp³-hybridized carbons (Fsp3) is 0.438. The van der Waals surface area contributed by atoms with Crippen molar-refractivity contribution in [2.45, 2.75) is 38.6 Å². The molecule has 8 heteroatoms. The molecule has 0 saturated heterocycles. The van der Waals surface area contributed by atoms with Crippen LogP contribution < -0.4 is 11.2 Å². The third-order valence-corrected chi connectivity index (χ3v) is 3.97. The van der Waals surface area contributed by atoms with Crippen LogP contribution >= 0.6 is 0 Å². The number of nitrogens with zero attached hydrogens (tertiary/aromatic N) is 3. The lowest BCUT2D eigenvalue weighted by atomic mass is 10.2. The molecule has 1 N–H and O–H groups in total. The number of hydrogen-bond acceptors (Lipinski definition) is 6. The molecule has 1 atom stereocenters. The number of aliphatic hydroxyl groups is 1. The SMILES string of the molecule is N#Cc1c2n(c(=O)n(C[C@@H](O)COCc3ccco3)c1=O)CCC2. The number of hydrogen-bond donors (Lipinski definition) is 1. The van der Waals surface area contributed by atoms with E-state index in [4.69, 9.17) is 9.15 Å². The molecule has 3 rings (SSSR count). The maximum absolute atomic E-state index is 12.4. The highest BCUT2D eigenvalue weighted by atomic mass is 16.5. The van der Waals surface area contributed by atoms with Crippen molar-refractivity contribution >= 4 is 0 Å². The van der Waals surface area contributed by atoms with Crippen LogP contribution in [0.15, 0.2) is 32.4 Å².